The quantitative estimate of drug-likeness (QED) is 0.791. The minimum absolute atomic E-state index is 0.502. The minimum Gasteiger partial charge on any atom is -0.381 e. The highest BCUT2D eigenvalue weighted by Crippen LogP contribution is 2.24. The molecule has 3 nitrogen and oxygen atoms in total. The van der Waals surface area contributed by atoms with Gasteiger partial charge in [0.25, 0.3) is 0 Å². The minimum atomic E-state index is 0.502. The van der Waals surface area contributed by atoms with Crippen LogP contribution in [-0.4, -0.2) is 38.5 Å². The second-order valence-corrected chi connectivity index (χ2v) is 5.77. The summed E-state index contributed by atoms with van der Waals surface area (Å²) in [6, 6.07) is 0.640. The number of hydrogen-bond acceptors (Lipinski definition) is 3. The van der Waals surface area contributed by atoms with Crippen molar-refractivity contribution in [3.05, 3.63) is 0 Å². The van der Waals surface area contributed by atoms with Gasteiger partial charge in [-0.05, 0) is 57.4 Å². The lowest BCUT2D eigenvalue weighted by molar-refractivity contribution is 0.00126. The van der Waals surface area contributed by atoms with E-state index in [4.69, 9.17) is 9.47 Å². The van der Waals surface area contributed by atoms with Gasteiger partial charge in [-0.1, -0.05) is 6.92 Å². The molecule has 0 amide bonds. The molecule has 2 heterocycles. The highest BCUT2D eigenvalue weighted by Gasteiger charge is 2.23. The molecule has 2 atom stereocenters. The Balaban J connectivity index is 1.74. The van der Waals surface area contributed by atoms with Gasteiger partial charge in [-0.3, -0.25) is 0 Å². The van der Waals surface area contributed by atoms with Gasteiger partial charge in [0.05, 0.1) is 6.10 Å². The van der Waals surface area contributed by atoms with E-state index in [2.05, 4.69) is 12.2 Å². The van der Waals surface area contributed by atoms with Crippen molar-refractivity contribution in [3.8, 4) is 0 Å². The molecular weight excluding hydrogens is 226 g/mol. The summed E-state index contributed by atoms with van der Waals surface area (Å²) >= 11 is 0. The van der Waals surface area contributed by atoms with Crippen LogP contribution in [-0.2, 0) is 9.47 Å². The van der Waals surface area contributed by atoms with Gasteiger partial charge in [-0.15, -0.1) is 0 Å². The summed E-state index contributed by atoms with van der Waals surface area (Å²) in [6.07, 6.45) is 9.35. The first kappa shape index (κ1) is 14.3. The summed E-state index contributed by atoms with van der Waals surface area (Å²) in [6.45, 7) is 6.17. The fourth-order valence-corrected chi connectivity index (χ4v) is 3.25. The number of rotatable bonds is 6. The molecule has 2 aliphatic rings. The maximum Gasteiger partial charge on any atom is 0.0590 e. The normalized spacial score (nSPS) is 28.2. The first-order valence-corrected chi connectivity index (χ1v) is 7.81. The van der Waals surface area contributed by atoms with Crippen LogP contribution in [0.25, 0.3) is 0 Å². The summed E-state index contributed by atoms with van der Waals surface area (Å²) in [5, 5.41) is 3.66. The van der Waals surface area contributed by atoms with Crippen LogP contribution < -0.4 is 5.32 Å². The van der Waals surface area contributed by atoms with E-state index in [1.54, 1.807) is 0 Å². The molecule has 18 heavy (non-hydrogen) atoms. The molecule has 3 heteroatoms. The lowest BCUT2D eigenvalue weighted by Gasteiger charge is -2.31. The summed E-state index contributed by atoms with van der Waals surface area (Å²) in [4.78, 5) is 0. The number of hydrogen-bond donors (Lipinski definition) is 1. The molecule has 2 aliphatic heterocycles. The molecule has 1 N–H and O–H groups in total. The summed E-state index contributed by atoms with van der Waals surface area (Å²) in [7, 11) is 0. The van der Waals surface area contributed by atoms with Gasteiger partial charge in [0.1, 0.15) is 0 Å². The van der Waals surface area contributed by atoms with E-state index in [1.807, 2.05) is 0 Å². The van der Waals surface area contributed by atoms with Crippen LogP contribution in [0.1, 0.15) is 51.9 Å². The van der Waals surface area contributed by atoms with Crippen molar-refractivity contribution in [1.82, 2.24) is 5.32 Å². The third-order valence-electron chi connectivity index (χ3n) is 4.27. The van der Waals surface area contributed by atoms with Gasteiger partial charge in [0, 0.05) is 25.9 Å². The van der Waals surface area contributed by atoms with Crippen molar-refractivity contribution >= 4 is 0 Å². The van der Waals surface area contributed by atoms with Crippen LogP contribution in [0.3, 0.4) is 0 Å². The Hall–Kier alpha value is -0.120. The molecule has 0 aromatic heterocycles. The molecule has 0 spiro atoms. The van der Waals surface area contributed by atoms with Crippen LogP contribution in [0.2, 0.25) is 0 Å². The van der Waals surface area contributed by atoms with Crippen molar-refractivity contribution in [2.45, 2.75) is 64.0 Å². The van der Waals surface area contributed by atoms with Crippen LogP contribution >= 0.6 is 0 Å². The first-order chi connectivity index (χ1) is 8.88. The van der Waals surface area contributed by atoms with Gasteiger partial charge in [0.2, 0.25) is 0 Å². The Kier molecular flexibility index (Phi) is 6.46. The first-order valence-electron chi connectivity index (χ1n) is 7.81. The predicted octanol–water partition coefficient (Wildman–Crippen LogP) is 2.74. The second-order valence-electron chi connectivity index (χ2n) is 5.77. The summed E-state index contributed by atoms with van der Waals surface area (Å²) in [5.41, 5.74) is 0. The molecule has 2 fully saturated rings. The molecule has 0 radical (unpaired) electrons. The van der Waals surface area contributed by atoms with Gasteiger partial charge in [-0.25, -0.2) is 0 Å². The average Bonchev–Trinajstić information content (AvgIpc) is 2.41. The Morgan fingerprint density at radius 1 is 1.06 bits per heavy atom. The number of ether oxygens (including phenoxy) is 2. The lowest BCUT2D eigenvalue weighted by Crippen LogP contribution is -2.37. The summed E-state index contributed by atoms with van der Waals surface area (Å²) < 4.78 is 11.3. The highest BCUT2D eigenvalue weighted by molar-refractivity contribution is 4.78. The lowest BCUT2D eigenvalue weighted by atomic mass is 9.89. The third kappa shape index (κ3) is 4.87. The van der Waals surface area contributed by atoms with E-state index >= 15 is 0 Å². The second kappa shape index (κ2) is 8.13. The van der Waals surface area contributed by atoms with Gasteiger partial charge < -0.3 is 14.8 Å². The third-order valence-corrected chi connectivity index (χ3v) is 4.27. The molecule has 0 aromatic rings. The van der Waals surface area contributed by atoms with Crippen LogP contribution in [0.5, 0.6) is 0 Å². The Bertz CT molecular complexity index is 191. The maximum absolute atomic E-state index is 5.88. The molecule has 2 unspecified atom stereocenters. The van der Waals surface area contributed by atoms with Gasteiger partial charge in [-0.2, -0.15) is 0 Å². The van der Waals surface area contributed by atoms with E-state index < -0.39 is 0 Å². The van der Waals surface area contributed by atoms with Crippen molar-refractivity contribution < 1.29 is 9.47 Å². The van der Waals surface area contributed by atoms with E-state index in [0.29, 0.717) is 12.1 Å². The highest BCUT2D eigenvalue weighted by atomic mass is 16.5. The Labute approximate surface area is 112 Å². The molecule has 2 saturated heterocycles. The van der Waals surface area contributed by atoms with E-state index in [-0.39, 0.29) is 0 Å². The zero-order chi connectivity index (χ0) is 12.6. The van der Waals surface area contributed by atoms with Crippen LogP contribution in [0.15, 0.2) is 0 Å². The zero-order valence-corrected chi connectivity index (χ0v) is 11.8. The van der Waals surface area contributed by atoms with Crippen molar-refractivity contribution in [1.29, 1.82) is 0 Å². The van der Waals surface area contributed by atoms with Gasteiger partial charge >= 0.3 is 0 Å². The molecule has 0 aliphatic carbocycles. The zero-order valence-electron chi connectivity index (χ0n) is 11.8. The average molecular weight is 255 g/mol. The SMILES string of the molecule is CCNC(CC1CCOCC1)CC1CCCCO1. The monoisotopic (exact) mass is 255 g/mol. The summed E-state index contributed by atoms with van der Waals surface area (Å²) in [5.74, 6) is 0.853. The van der Waals surface area contributed by atoms with Crippen LogP contribution in [0.4, 0.5) is 0 Å². The van der Waals surface area contributed by atoms with Crippen molar-refractivity contribution in [2.24, 2.45) is 5.92 Å². The standard InChI is InChI=1S/C15H29NO2/c1-2-16-14(11-13-6-9-17-10-7-13)12-15-5-3-4-8-18-15/h13-16H,2-12H2,1H3. The Morgan fingerprint density at radius 2 is 1.89 bits per heavy atom. The van der Waals surface area contributed by atoms with E-state index in [0.717, 1.165) is 32.3 Å². The van der Waals surface area contributed by atoms with Crippen molar-refractivity contribution in [2.75, 3.05) is 26.4 Å². The molecule has 0 aromatic carbocycles. The smallest absolute Gasteiger partial charge is 0.0590 e. The molecule has 0 bridgehead atoms. The van der Waals surface area contributed by atoms with Gasteiger partial charge in [0.15, 0.2) is 0 Å². The van der Waals surface area contributed by atoms with Crippen LogP contribution in [0, 0.1) is 5.92 Å². The Morgan fingerprint density at radius 3 is 2.56 bits per heavy atom. The maximum atomic E-state index is 5.88. The topological polar surface area (TPSA) is 30.5 Å². The fourth-order valence-electron chi connectivity index (χ4n) is 3.25. The molecule has 0 saturated carbocycles. The molecule has 2 rings (SSSR count). The van der Waals surface area contributed by atoms with E-state index in [1.165, 1.54) is 44.9 Å². The fraction of sp³-hybridized carbons (Fsp3) is 1.00. The predicted molar refractivity (Wildman–Crippen MR) is 73.8 cm³/mol. The van der Waals surface area contributed by atoms with Crippen molar-refractivity contribution in [3.63, 3.8) is 0 Å². The number of nitrogens with one attached hydrogen (secondary N) is 1. The largest absolute Gasteiger partial charge is 0.381 e. The molecule has 106 valence electrons. The molecular formula is C15H29NO2. The van der Waals surface area contributed by atoms with E-state index in [9.17, 15) is 0 Å².